The Bertz CT molecular complexity index is 966. The molecule has 1 aromatic heterocycles. The van der Waals surface area contributed by atoms with E-state index in [1.807, 2.05) is 0 Å². The van der Waals surface area contributed by atoms with Crippen LogP contribution in [0.15, 0.2) is 30.3 Å². The van der Waals surface area contributed by atoms with Crippen molar-refractivity contribution >= 4 is 40.0 Å². The van der Waals surface area contributed by atoms with Gasteiger partial charge >= 0.3 is 5.97 Å². The molecular formula is C19H20N3O5S+. The van der Waals surface area contributed by atoms with Crippen LogP contribution in [-0.2, 0) is 22.5 Å². The Morgan fingerprint density at radius 1 is 1.39 bits per heavy atom. The topological polar surface area (TPSA) is 103 Å². The molecule has 9 heteroatoms. The number of carbonyl (C=O) groups excluding carboxylic acids is 2. The van der Waals surface area contributed by atoms with Gasteiger partial charge in [-0.15, -0.1) is 11.3 Å². The lowest BCUT2D eigenvalue weighted by Gasteiger charge is -2.19. The van der Waals surface area contributed by atoms with Crippen LogP contribution in [-0.4, -0.2) is 37.5 Å². The smallest absolute Gasteiger partial charge is 0.341 e. The number of methoxy groups -OCH3 is 1. The summed E-state index contributed by atoms with van der Waals surface area (Å²) in [4.78, 5) is 37.4. The quantitative estimate of drug-likeness (QED) is 0.343. The predicted octanol–water partition coefficient (Wildman–Crippen LogP) is 1.67. The van der Waals surface area contributed by atoms with Gasteiger partial charge in [-0.2, -0.15) is 0 Å². The number of nitro groups is 1. The summed E-state index contributed by atoms with van der Waals surface area (Å²) in [5.74, 6) is -0.883. The monoisotopic (exact) mass is 402 g/mol. The molecule has 2 heterocycles. The fourth-order valence-corrected chi connectivity index (χ4v) is 4.45. The lowest BCUT2D eigenvalue weighted by atomic mass is 10.0. The van der Waals surface area contributed by atoms with Gasteiger partial charge < -0.3 is 15.0 Å². The third-order valence-corrected chi connectivity index (χ3v) is 5.64. The van der Waals surface area contributed by atoms with Crippen molar-refractivity contribution < 1.29 is 24.1 Å². The van der Waals surface area contributed by atoms with E-state index in [1.165, 1.54) is 47.6 Å². The molecular weight excluding hydrogens is 382 g/mol. The zero-order chi connectivity index (χ0) is 20.3. The van der Waals surface area contributed by atoms with Crippen molar-refractivity contribution in [2.24, 2.45) is 0 Å². The van der Waals surface area contributed by atoms with Gasteiger partial charge in [-0.05, 0) is 17.2 Å². The number of benzene rings is 1. The zero-order valence-electron chi connectivity index (χ0n) is 15.5. The molecule has 0 aliphatic carbocycles. The Kier molecular flexibility index (Phi) is 5.86. The molecule has 1 aliphatic heterocycles. The number of non-ortho nitro benzene ring substituents is 1. The number of quaternary nitrogens is 1. The van der Waals surface area contributed by atoms with Crippen LogP contribution < -0.4 is 10.2 Å². The highest BCUT2D eigenvalue weighted by molar-refractivity contribution is 7.17. The minimum absolute atomic E-state index is 0.0481. The molecule has 1 aromatic carbocycles. The summed E-state index contributed by atoms with van der Waals surface area (Å²) < 4.78 is 4.90. The first-order valence-corrected chi connectivity index (χ1v) is 9.48. The van der Waals surface area contributed by atoms with Gasteiger partial charge in [0.15, 0.2) is 0 Å². The summed E-state index contributed by atoms with van der Waals surface area (Å²) in [6.07, 6.45) is 3.53. The van der Waals surface area contributed by atoms with Crippen molar-refractivity contribution in [3.8, 4) is 0 Å². The maximum Gasteiger partial charge on any atom is 0.341 e. The number of rotatable bonds is 5. The SMILES string of the molecule is COC(=O)c1c(NC(=O)/C=C\c2cccc([N+](=O)[O-])c2)sc2c1CC[NH+](C)C2. The van der Waals surface area contributed by atoms with E-state index in [9.17, 15) is 19.7 Å². The normalized spacial score (nSPS) is 15.9. The molecule has 3 rings (SSSR count). The molecule has 28 heavy (non-hydrogen) atoms. The van der Waals surface area contributed by atoms with Crippen molar-refractivity contribution in [1.29, 1.82) is 0 Å². The van der Waals surface area contributed by atoms with Crippen LogP contribution in [0.5, 0.6) is 0 Å². The number of anilines is 1. The summed E-state index contributed by atoms with van der Waals surface area (Å²) in [6.45, 7) is 1.71. The Hall–Kier alpha value is -3.04. The molecule has 2 N–H and O–H groups in total. The van der Waals surface area contributed by atoms with E-state index in [0.717, 1.165) is 30.0 Å². The highest BCUT2D eigenvalue weighted by atomic mass is 32.1. The zero-order valence-corrected chi connectivity index (χ0v) is 16.3. The Labute approximate surface area is 165 Å². The largest absolute Gasteiger partial charge is 0.465 e. The van der Waals surface area contributed by atoms with Crippen molar-refractivity contribution in [3.63, 3.8) is 0 Å². The molecule has 1 unspecified atom stereocenters. The van der Waals surface area contributed by atoms with Crippen LogP contribution in [0, 0.1) is 10.1 Å². The second-order valence-corrected chi connectivity index (χ2v) is 7.61. The van der Waals surface area contributed by atoms with Crippen LogP contribution in [0.4, 0.5) is 10.7 Å². The van der Waals surface area contributed by atoms with E-state index in [2.05, 4.69) is 12.4 Å². The maximum atomic E-state index is 12.4. The van der Waals surface area contributed by atoms with E-state index in [4.69, 9.17) is 4.74 Å². The molecule has 0 bridgehead atoms. The molecule has 146 valence electrons. The van der Waals surface area contributed by atoms with Crippen molar-refractivity contribution in [1.82, 2.24) is 0 Å². The number of nitro benzene ring substituents is 1. The van der Waals surface area contributed by atoms with Gasteiger partial charge in [-0.3, -0.25) is 14.9 Å². The summed E-state index contributed by atoms with van der Waals surface area (Å²) in [5, 5.41) is 14.1. The number of hydrogen-bond acceptors (Lipinski definition) is 6. The molecule has 1 amide bonds. The maximum absolute atomic E-state index is 12.4. The van der Waals surface area contributed by atoms with Gasteiger partial charge in [0.2, 0.25) is 5.91 Å². The molecule has 1 atom stereocenters. The fraction of sp³-hybridized carbons (Fsp3) is 0.263. The van der Waals surface area contributed by atoms with Gasteiger partial charge in [0.05, 0.1) is 36.1 Å². The van der Waals surface area contributed by atoms with Gasteiger partial charge in [0.1, 0.15) is 11.5 Å². The lowest BCUT2D eigenvalue weighted by Crippen LogP contribution is -3.08. The number of hydrogen-bond donors (Lipinski definition) is 2. The average Bonchev–Trinajstić information content (AvgIpc) is 3.02. The van der Waals surface area contributed by atoms with Crippen LogP contribution >= 0.6 is 11.3 Å². The van der Waals surface area contributed by atoms with Crippen LogP contribution in [0.2, 0.25) is 0 Å². The summed E-state index contributed by atoms with van der Waals surface area (Å²) >= 11 is 1.39. The Morgan fingerprint density at radius 3 is 2.89 bits per heavy atom. The second kappa shape index (κ2) is 8.32. The van der Waals surface area contributed by atoms with E-state index < -0.39 is 16.8 Å². The molecule has 2 aromatic rings. The Balaban J connectivity index is 1.81. The number of esters is 1. The molecule has 8 nitrogen and oxygen atoms in total. The highest BCUT2D eigenvalue weighted by Gasteiger charge is 2.29. The first kappa shape index (κ1) is 19.7. The van der Waals surface area contributed by atoms with Crippen molar-refractivity contribution in [2.45, 2.75) is 13.0 Å². The molecule has 0 radical (unpaired) electrons. The predicted molar refractivity (Wildman–Crippen MR) is 106 cm³/mol. The number of thiophene rings is 1. The van der Waals surface area contributed by atoms with Gasteiger partial charge in [0.25, 0.3) is 5.69 Å². The number of fused-ring (bicyclic) bond motifs is 1. The van der Waals surface area contributed by atoms with Gasteiger partial charge in [-0.25, -0.2) is 4.79 Å². The average molecular weight is 402 g/mol. The van der Waals surface area contributed by atoms with E-state index in [0.29, 0.717) is 16.1 Å². The first-order valence-electron chi connectivity index (χ1n) is 8.66. The van der Waals surface area contributed by atoms with Crippen LogP contribution in [0.1, 0.15) is 26.4 Å². The van der Waals surface area contributed by atoms with E-state index in [-0.39, 0.29) is 5.69 Å². The standard InChI is InChI=1S/C19H19N3O5S/c1-21-9-8-14-15(11-21)28-18(17(14)19(24)27-2)20-16(23)7-6-12-4-3-5-13(10-12)22(25)26/h3-7,10H,8-9,11H2,1-2H3,(H,20,23)/p+1/b7-6-. The lowest BCUT2D eigenvalue weighted by molar-refractivity contribution is -0.895. The number of carbonyl (C=O) groups is 2. The fourth-order valence-electron chi connectivity index (χ4n) is 3.09. The van der Waals surface area contributed by atoms with E-state index >= 15 is 0 Å². The third kappa shape index (κ3) is 4.26. The Morgan fingerprint density at radius 2 is 2.18 bits per heavy atom. The number of likely N-dealkylation sites (N-methyl/N-ethyl adjacent to an activating group) is 1. The van der Waals surface area contributed by atoms with E-state index in [1.54, 1.807) is 12.1 Å². The van der Waals surface area contributed by atoms with Crippen molar-refractivity contribution in [2.75, 3.05) is 26.0 Å². The van der Waals surface area contributed by atoms with Crippen molar-refractivity contribution in [3.05, 3.63) is 62.0 Å². The first-order chi connectivity index (χ1) is 13.4. The van der Waals surface area contributed by atoms with Crippen LogP contribution in [0.25, 0.3) is 6.08 Å². The summed E-state index contributed by atoms with van der Waals surface area (Å²) in [5.41, 5.74) is 1.86. The molecule has 0 saturated carbocycles. The van der Waals surface area contributed by atoms with Gasteiger partial charge in [-0.1, -0.05) is 12.1 Å². The molecule has 0 spiro atoms. The molecule has 0 saturated heterocycles. The molecule has 0 fully saturated rings. The number of nitrogens with one attached hydrogen (secondary N) is 2. The number of amides is 1. The second-order valence-electron chi connectivity index (χ2n) is 6.51. The molecule has 1 aliphatic rings. The number of ether oxygens (including phenoxy) is 1. The van der Waals surface area contributed by atoms with Gasteiger partial charge in [0, 0.05) is 24.6 Å². The number of nitrogens with zero attached hydrogens (tertiary/aromatic N) is 1. The van der Waals surface area contributed by atoms with Crippen LogP contribution in [0.3, 0.4) is 0 Å². The minimum atomic E-state index is -0.491. The minimum Gasteiger partial charge on any atom is -0.465 e. The summed E-state index contributed by atoms with van der Waals surface area (Å²) in [6, 6.07) is 5.98. The summed E-state index contributed by atoms with van der Waals surface area (Å²) in [7, 11) is 3.40. The third-order valence-electron chi connectivity index (χ3n) is 4.49. The highest BCUT2D eigenvalue weighted by Crippen LogP contribution is 2.35.